The van der Waals surface area contributed by atoms with E-state index in [1.54, 1.807) is 4.90 Å². The van der Waals surface area contributed by atoms with Crippen LogP contribution in [0.5, 0.6) is 0 Å². The third-order valence-electron chi connectivity index (χ3n) is 4.77. The van der Waals surface area contributed by atoms with Gasteiger partial charge in [0, 0.05) is 13.0 Å². The van der Waals surface area contributed by atoms with E-state index in [9.17, 15) is 14.7 Å². The molecule has 0 spiro atoms. The van der Waals surface area contributed by atoms with Crippen molar-refractivity contribution in [2.24, 2.45) is 0 Å². The van der Waals surface area contributed by atoms with E-state index in [2.05, 4.69) is 12.1 Å². The number of carbonyl (C=O) groups is 2. The highest BCUT2D eigenvalue weighted by Gasteiger charge is 2.35. The Morgan fingerprint density at radius 1 is 1.19 bits per heavy atom. The zero-order chi connectivity index (χ0) is 14.8. The number of likely N-dealkylation sites (tertiary alicyclic amines) is 1. The van der Waals surface area contributed by atoms with Crippen LogP contribution in [-0.4, -0.2) is 34.5 Å². The van der Waals surface area contributed by atoms with Gasteiger partial charge in [-0.1, -0.05) is 24.3 Å². The van der Waals surface area contributed by atoms with Gasteiger partial charge in [0.1, 0.15) is 6.04 Å². The monoisotopic (exact) mass is 287 g/mol. The van der Waals surface area contributed by atoms with Crippen molar-refractivity contribution in [2.75, 3.05) is 6.54 Å². The molecular formula is C17H21NO3. The standard InChI is InChI=1S/C17H21NO3/c19-16(18-10-4-9-15(18)17(20)21)11-13-7-3-6-12-5-1-2-8-14(12)13/h1-2,5,8,13,15H,3-4,6-7,9-11H2,(H,20,21)/t13-,15+/m0/s1. The average Bonchev–Trinajstić information content (AvgIpc) is 2.97. The highest BCUT2D eigenvalue weighted by molar-refractivity contribution is 5.84. The van der Waals surface area contributed by atoms with Crippen molar-refractivity contribution in [1.29, 1.82) is 0 Å². The molecule has 2 atom stereocenters. The van der Waals surface area contributed by atoms with Crippen molar-refractivity contribution in [3.8, 4) is 0 Å². The topological polar surface area (TPSA) is 57.6 Å². The van der Waals surface area contributed by atoms with Crippen molar-refractivity contribution < 1.29 is 14.7 Å². The molecule has 1 saturated heterocycles. The summed E-state index contributed by atoms with van der Waals surface area (Å²) in [6.45, 7) is 0.587. The second-order valence-electron chi connectivity index (χ2n) is 6.08. The van der Waals surface area contributed by atoms with Gasteiger partial charge in [0.25, 0.3) is 0 Å². The molecule has 1 aromatic carbocycles. The molecule has 1 aliphatic heterocycles. The summed E-state index contributed by atoms with van der Waals surface area (Å²) in [5, 5.41) is 9.20. The van der Waals surface area contributed by atoms with E-state index in [1.807, 2.05) is 12.1 Å². The molecule has 0 bridgehead atoms. The zero-order valence-corrected chi connectivity index (χ0v) is 12.1. The summed E-state index contributed by atoms with van der Waals surface area (Å²) in [4.78, 5) is 25.3. The number of carbonyl (C=O) groups excluding carboxylic acids is 1. The fourth-order valence-electron chi connectivity index (χ4n) is 3.72. The van der Waals surface area contributed by atoms with Crippen LogP contribution in [0, 0.1) is 0 Å². The minimum Gasteiger partial charge on any atom is -0.480 e. The van der Waals surface area contributed by atoms with Crippen molar-refractivity contribution in [1.82, 2.24) is 4.90 Å². The minimum atomic E-state index is -0.870. The predicted octanol–water partition coefficient (Wildman–Crippen LogP) is 2.57. The van der Waals surface area contributed by atoms with Gasteiger partial charge in [-0.3, -0.25) is 4.79 Å². The molecule has 1 amide bonds. The Hall–Kier alpha value is -1.84. The molecule has 0 aromatic heterocycles. The van der Waals surface area contributed by atoms with Crippen LogP contribution < -0.4 is 0 Å². The number of benzene rings is 1. The molecule has 4 heteroatoms. The second kappa shape index (κ2) is 5.88. The lowest BCUT2D eigenvalue weighted by Gasteiger charge is -2.28. The minimum absolute atomic E-state index is 0.00148. The van der Waals surface area contributed by atoms with Gasteiger partial charge < -0.3 is 10.0 Å². The van der Waals surface area contributed by atoms with Crippen LogP contribution in [0.4, 0.5) is 0 Å². The molecule has 0 radical (unpaired) electrons. The highest BCUT2D eigenvalue weighted by atomic mass is 16.4. The lowest BCUT2D eigenvalue weighted by Crippen LogP contribution is -2.41. The summed E-state index contributed by atoms with van der Waals surface area (Å²) in [6.07, 6.45) is 5.04. The molecule has 1 N–H and O–H groups in total. The first-order valence-corrected chi connectivity index (χ1v) is 7.77. The van der Waals surface area contributed by atoms with Crippen molar-refractivity contribution in [2.45, 2.75) is 50.5 Å². The van der Waals surface area contributed by atoms with E-state index in [1.165, 1.54) is 11.1 Å². The largest absolute Gasteiger partial charge is 0.480 e. The maximum Gasteiger partial charge on any atom is 0.326 e. The molecule has 3 rings (SSSR count). The lowest BCUT2D eigenvalue weighted by molar-refractivity contribution is -0.148. The van der Waals surface area contributed by atoms with Crippen LogP contribution in [0.25, 0.3) is 0 Å². The van der Waals surface area contributed by atoms with Crippen LogP contribution in [-0.2, 0) is 16.0 Å². The van der Waals surface area contributed by atoms with E-state index >= 15 is 0 Å². The Bertz CT molecular complexity index is 555. The molecule has 0 unspecified atom stereocenters. The summed E-state index contributed by atoms with van der Waals surface area (Å²) in [7, 11) is 0. The number of fused-ring (bicyclic) bond motifs is 1. The Labute approximate surface area is 124 Å². The SMILES string of the molecule is O=C(O)[C@H]1CCCN1C(=O)C[C@@H]1CCCc2ccccc21. The summed E-state index contributed by atoms with van der Waals surface area (Å²) in [5.41, 5.74) is 2.63. The fourth-order valence-corrected chi connectivity index (χ4v) is 3.72. The van der Waals surface area contributed by atoms with Crippen LogP contribution in [0.1, 0.15) is 49.1 Å². The quantitative estimate of drug-likeness (QED) is 0.929. The summed E-state index contributed by atoms with van der Waals surface area (Å²) < 4.78 is 0. The number of nitrogens with zero attached hydrogens (tertiary/aromatic N) is 1. The fraction of sp³-hybridized carbons (Fsp3) is 0.529. The van der Waals surface area contributed by atoms with Gasteiger partial charge in [0.15, 0.2) is 0 Å². The molecule has 1 heterocycles. The Morgan fingerprint density at radius 3 is 2.81 bits per heavy atom. The maximum atomic E-state index is 12.5. The number of hydrogen-bond donors (Lipinski definition) is 1. The number of aliphatic carboxylic acids is 1. The van der Waals surface area contributed by atoms with E-state index in [4.69, 9.17) is 0 Å². The molecule has 4 nitrogen and oxygen atoms in total. The van der Waals surface area contributed by atoms with Gasteiger partial charge in [-0.25, -0.2) is 4.79 Å². The molecule has 21 heavy (non-hydrogen) atoms. The van der Waals surface area contributed by atoms with Crippen LogP contribution >= 0.6 is 0 Å². The third-order valence-corrected chi connectivity index (χ3v) is 4.77. The van der Waals surface area contributed by atoms with Crippen LogP contribution in [0.2, 0.25) is 0 Å². The van der Waals surface area contributed by atoms with Crippen LogP contribution in [0.3, 0.4) is 0 Å². The van der Waals surface area contributed by atoms with Gasteiger partial charge in [-0.2, -0.15) is 0 Å². The van der Waals surface area contributed by atoms with E-state index in [0.29, 0.717) is 19.4 Å². The average molecular weight is 287 g/mol. The number of carboxylic acid groups (broad SMARTS) is 1. The summed E-state index contributed by atoms with van der Waals surface area (Å²) in [5.74, 6) is -0.621. The zero-order valence-electron chi connectivity index (χ0n) is 12.1. The van der Waals surface area contributed by atoms with Gasteiger partial charge >= 0.3 is 5.97 Å². The third kappa shape index (κ3) is 2.80. The van der Waals surface area contributed by atoms with Crippen LogP contribution in [0.15, 0.2) is 24.3 Å². The smallest absolute Gasteiger partial charge is 0.326 e. The molecule has 2 aliphatic rings. The molecule has 1 fully saturated rings. The lowest BCUT2D eigenvalue weighted by atomic mass is 9.81. The molecular weight excluding hydrogens is 266 g/mol. The number of hydrogen-bond acceptors (Lipinski definition) is 2. The van der Waals surface area contributed by atoms with Crippen molar-refractivity contribution in [3.63, 3.8) is 0 Å². The first-order chi connectivity index (χ1) is 10.2. The Kier molecular flexibility index (Phi) is 3.95. The maximum absolute atomic E-state index is 12.5. The predicted molar refractivity (Wildman–Crippen MR) is 79.1 cm³/mol. The van der Waals surface area contributed by atoms with E-state index in [0.717, 1.165) is 25.7 Å². The van der Waals surface area contributed by atoms with Crippen molar-refractivity contribution in [3.05, 3.63) is 35.4 Å². The van der Waals surface area contributed by atoms with Gasteiger partial charge in [0.05, 0.1) is 0 Å². The normalized spacial score (nSPS) is 24.7. The number of amides is 1. The molecule has 1 aliphatic carbocycles. The van der Waals surface area contributed by atoms with Gasteiger partial charge in [0.2, 0.25) is 5.91 Å². The van der Waals surface area contributed by atoms with Gasteiger partial charge in [-0.05, 0) is 49.1 Å². The first-order valence-electron chi connectivity index (χ1n) is 7.77. The van der Waals surface area contributed by atoms with E-state index < -0.39 is 12.0 Å². The first kappa shape index (κ1) is 14.1. The molecule has 112 valence electrons. The molecule has 1 aromatic rings. The second-order valence-corrected chi connectivity index (χ2v) is 6.08. The number of aryl methyl sites for hydroxylation is 1. The summed E-state index contributed by atoms with van der Waals surface area (Å²) >= 11 is 0. The van der Waals surface area contributed by atoms with Crippen molar-refractivity contribution >= 4 is 11.9 Å². The Morgan fingerprint density at radius 2 is 2.00 bits per heavy atom. The Balaban J connectivity index is 1.73. The van der Waals surface area contributed by atoms with E-state index in [-0.39, 0.29) is 11.8 Å². The summed E-state index contributed by atoms with van der Waals surface area (Å²) in [6, 6.07) is 7.71. The number of carboxylic acids is 1. The highest BCUT2D eigenvalue weighted by Crippen LogP contribution is 2.34. The van der Waals surface area contributed by atoms with Gasteiger partial charge in [-0.15, -0.1) is 0 Å². The number of rotatable bonds is 3. The molecule has 0 saturated carbocycles.